The largest absolute Gasteiger partial charge is 0.496 e. The van der Waals surface area contributed by atoms with Crippen LogP contribution < -0.4 is 10.1 Å². The van der Waals surface area contributed by atoms with Crippen LogP contribution in [-0.2, 0) is 5.41 Å². The summed E-state index contributed by atoms with van der Waals surface area (Å²) < 4.78 is 5.60. The lowest BCUT2D eigenvalue weighted by atomic mass is 9.43. The van der Waals surface area contributed by atoms with E-state index >= 15 is 0 Å². The topological polar surface area (TPSA) is 21.3 Å². The Morgan fingerprint density at radius 2 is 1.95 bits per heavy atom. The van der Waals surface area contributed by atoms with E-state index in [9.17, 15) is 0 Å². The normalized spacial score (nSPS) is 22.6. The number of hydrogen-bond donors (Lipinski definition) is 1. The van der Waals surface area contributed by atoms with Crippen molar-refractivity contribution in [2.24, 2.45) is 5.41 Å². The zero-order valence-corrected chi connectivity index (χ0v) is 12.2. The monoisotopic (exact) mass is 259 g/mol. The van der Waals surface area contributed by atoms with Crippen molar-refractivity contribution >= 4 is 0 Å². The first-order valence-corrected chi connectivity index (χ1v) is 7.58. The Hall–Kier alpha value is -1.02. The summed E-state index contributed by atoms with van der Waals surface area (Å²) in [5.74, 6) is 1.06. The minimum Gasteiger partial charge on any atom is -0.496 e. The maximum Gasteiger partial charge on any atom is 0.122 e. The van der Waals surface area contributed by atoms with Crippen molar-refractivity contribution in [2.75, 3.05) is 20.2 Å². The minimum atomic E-state index is 0.309. The molecule has 2 nitrogen and oxygen atoms in total. The maximum atomic E-state index is 5.60. The highest BCUT2D eigenvalue weighted by Crippen LogP contribution is 2.65. The third-order valence-electron chi connectivity index (χ3n) is 5.23. The number of ether oxygens (including phenoxy) is 1. The summed E-state index contributed by atoms with van der Waals surface area (Å²) in [6, 6.07) is 8.59. The lowest BCUT2D eigenvalue weighted by Gasteiger charge is -2.61. The van der Waals surface area contributed by atoms with E-state index < -0.39 is 0 Å². The fraction of sp³-hybridized carbons (Fsp3) is 0.647. The summed E-state index contributed by atoms with van der Waals surface area (Å²) in [7, 11) is 1.79. The van der Waals surface area contributed by atoms with Gasteiger partial charge in [0, 0.05) is 17.5 Å². The summed E-state index contributed by atoms with van der Waals surface area (Å²) in [6.07, 6.45) is 7.00. The summed E-state index contributed by atoms with van der Waals surface area (Å²) in [5, 5.41) is 3.57. The van der Waals surface area contributed by atoms with Gasteiger partial charge in [0.15, 0.2) is 0 Å². The Morgan fingerprint density at radius 3 is 2.53 bits per heavy atom. The number of likely N-dealkylation sites (N-methyl/N-ethyl adjacent to an activating group) is 1. The number of nitrogens with one attached hydrogen (secondary N) is 1. The van der Waals surface area contributed by atoms with Crippen molar-refractivity contribution in [2.45, 2.75) is 44.4 Å². The maximum absolute atomic E-state index is 5.60. The standard InChI is InChI=1S/C17H25NO/c1-3-18-13-17(11-16(12-17)9-6-10-16)14-7-4-5-8-15(14)19-2/h4-5,7-8,18H,3,6,9-13H2,1-2H3. The van der Waals surface area contributed by atoms with E-state index in [1.54, 1.807) is 7.11 Å². The predicted octanol–water partition coefficient (Wildman–Crippen LogP) is 3.51. The van der Waals surface area contributed by atoms with Gasteiger partial charge in [-0.1, -0.05) is 31.5 Å². The molecular weight excluding hydrogens is 234 g/mol. The van der Waals surface area contributed by atoms with E-state index in [2.05, 4.69) is 36.5 Å². The van der Waals surface area contributed by atoms with E-state index in [1.165, 1.54) is 37.7 Å². The molecule has 0 amide bonds. The molecule has 2 aliphatic carbocycles. The van der Waals surface area contributed by atoms with Gasteiger partial charge < -0.3 is 10.1 Å². The molecule has 1 N–H and O–H groups in total. The van der Waals surface area contributed by atoms with Crippen LogP contribution in [0.15, 0.2) is 24.3 Å². The lowest BCUT2D eigenvalue weighted by molar-refractivity contribution is -0.0488. The molecule has 0 aliphatic heterocycles. The van der Waals surface area contributed by atoms with Crippen LogP contribution in [-0.4, -0.2) is 20.2 Å². The molecule has 0 saturated heterocycles. The molecule has 1 aromatic rings. The van der Waals surface area contributed by atoms with Crippen molar-refractivity contribution in [1.29, 1.82) is 0 Å². The van der Waals surface area contributed by atoms with Crippen LogP contribution >= 0.6 is 0 Å². The number of methoxy groups -OCH3 is 1. The molecule has 2 fully saturated rings. The first kappa shape index (κ1) is 13.0. The van der Waals surface area contributed by atoms with E-state index in [0.717, 1.165) is 18.8 Å². The molecule has 2 aliphatic rings. The predicted molar refractivity (Wildman–Crippen MR) is 78.7 cm³/mol. The van der Waals surface area contributed by atoms with Gasteiger partial charge in [-0.25, -0.2) is 0 Å². The van der Waals surface area contributed by atoms with Crippen molar-refractivity contribution in [3.05, 3.63) is 29.8 Å². The highest BCUT2D eigenvalue weighted by molar-refractivity contribution is 5.43. The van der Waals surface area contributed by atoms with Crippen LogP contribution in [0.5, 0.6) is 5.75 Å². The first-order chi connectivity index (χ1) is 9.24. The van der Waals surface area contributed by atoms with Gasteiger partial charge >= 0.3 is 0 Å². The van der Waals surface area contributed by atoms with Crippen LogP contribution in [0.2, 0.25) is 0 Å². The third-order valence-corrected chi connectivity index (χ3v) is 5.23. The number of benzene rings is 1. The molecule has 1 spiro atoms. The van der Waals surface area contributed by atoms with Gasteiger partial charge in [0.25, 0.3) is 0 Å². The van der Waals surface area contributed by atoms with Crippen molar-refractivity contribution in [3.63, 3.8) is 0 Å². The van der Waals surface area contributed by atoms with Gasteiger partial charge in [0.2, 0.25) is 0 Å². The van der Waals surface area contributed by atoms with Crippen molar-refractivity contribution < 1.29 is 4.74 Å². The fourth-order valence-electron chi connectivity index (χ4n) is 4.27. The first-order valence-electron chi connectivity index (χ1n) is 7.58. The average Bonchev–Trinajstić information content (AvgIpc) is 2.36. The molecule has 0 heterocycles. The van der Waals surface area contributed by atoms with E-state index in [4.69, 9.17) is 4.74 Å². The molecule has 2 heteroatoms. The average molecular weight is 259 g/mol. The molecule has 0 unspecified atom stereocenters. The molecule has 0 aromatic heterocycles. The third kappa shape index (κ3) is 2.06. The molecule has 2 saturated carbocycles. The van der Waals surface area contributed by atoms with E-state index in [-0.39, 0.29) is 0 Å². The Kier molecular flexibility index (Phi) is 3.30. The number of para-hydroxylation sites is 1. The summed E-state index contributed by atoms with van der Waals surface area (Å²) in [6.45, 7) is 4.32. The number of hydrogen-bond acceptors (Lipinski definition) is 2. The fourth-order valence-corrected chi connectivity index (χ4v) is 4.27. The smallest absolute Gasteiger partial charge is 0.122 e. The second-order valence-electron chi connectivity index (χ2n) is 6.47. The Balaban J connectivity index is 1.87. The Bertz CT molecular complexity index is 442. The quantitative estimate of drug-likeness (QED) is 0.873. The minimum absolute atomic E-state index is 0.309. The van der Waals surface area contributed by atoms with Gasteiger partial charge in [-0.05, 0) is 43.7 Å². The van der Waals surface area contributed by atoms with Crippen LogP contribution in [0.4, 0.5) is 0 Å². The summed E-state index contributed by atoms with van der Waals surface area (Å²) >= 11 is 0. The SMILES string of the molecule is CCNCC1(c2ccccc2OC)CC2(CCC2)C1. The van der Waals surface area contributed by atoms with Gasteiger partial charge in [-0.2, -0.15) is 0 Å². The zero-order valence-electron chi connectivity index (χ0n) is 12.2. The van der Waals surface area contributed by atoms with Crippen LogP contribution in [0, 0.1) is 5.41 Å². The van der Waals surface area contributed by atoms with Crippen molar-refractivity contribution in [1.82, 2.24) is 5.32 Å². The van der Waals surface area contributed by atoms with Gasteiger partial charge in [-0.15, -0.1) is 0 Å². The highest BCUT2D eigenvalue weighted by Gasteiger charge is 2.57. The molecule has 19 heavy (non-hydrogen) atoms. The van der Waals surface area contributed by atoms with E-state index in [0.29, 0.717) is 10.8 Å². The Labute approximate surface area is 116 Å². The van der Waals surface area contributed by atoms with Gasteiger partial charge in [0.1, 0.15) is 5.75 Å². The van der Waals surface area contributed by atoms with E-state index in [1.807, 2.05) is 0 Å². The zero-order chi connectivity index (χ0) is 13.3. The molecular formula is C17H25NO. The summed E-state index contributed by atoms with van der Waals surface area (Å²) in [5.41, 5.74) is 2.40. The molecule has 104 valence electrons. The molecule has 0 atom stereocenters. The van der Waals surface area contributed by atoms with Crippen LogP contribution in [0.25, 0.3) is 0 Å². The van der Waals surface area contributed by atoms with Gasteiger partial charge in [-0.3, -0.25) is 0 Å². The second kappa shape index (κ2) is 4.82. The molecule has 0 bridgehead atoms. The molecule has 3 rings (SSSR count). The Morgan fingerprint density at radius 1 is 1.21 bits per heavy atom. The van der Waals surface area contributed by atoms with Crippen molar-refractivity contribution in [3.8, 4) is 5.75 Å². The number of rotatable bonds is 5. The summed E-state index contributed by atoms with van der Waals surface area (Å²) in [4.78, 5) is 0. The molecule has 1 aromatic carbocycles. The lowest BCUT2D eigenvalue weighted by Crippen LogP contribution is -2.57. The van der Waals surface area contributed by atoms with Crippen LogP contribution in [0.3, 0.4) is 0 Å². The van der Waals surface area contributed by atoms with Crippen LogP contribution in [0.1, 0.15) is 44.6 Å². The van der Waals surface area contributed by atoms with Gasteiger partial charge in [0.05, 0.1) is 7.11 Å². The highest BCUT2D eigenvalue weighted by atomic mass is 16.5. The second-order valence-corrected chi connectivity index (χ2v) is 6.47. The molecule has 0 radical (unpaired) electrons.